The first-order valence-corrected chi connectivity index (χ1v) is 8.36. The fraction of sp³-hybridized carbons (Fsp3) is 0.706. The molecule has 0 aromatic carbocycles. The van der Waals surface area contributed by atoms with Gasteiger partial charge in [0, 0.05) is 25.2 Å². The molecule has 128 valence electrons. The van der Waals surface area contributed by atoms with E-state index in [2.05, 4.69) is 18.9 Å². The van der Waals surface area contributed by atoms with Gasteiger partial charge in [-0.05, 0) is 44.6 Å². The number of likely N-dealkylation sites (tertiary alicyclic amines) is 1. The molecule has 1 aliphatic heterocycles. The largest absolute Gasteiger partial charge is 0.480 e. The van der Waals surface area contributed by atoms with E-state index in [4.69, 9.17) is 0 Å². The Morgan fingerprint density at radius 3 is 2.65 bits per heavy atom. The van der Waals surface area contributed by atoms with E-state index >= 15 is 0 Å². The Bertz CT molecular complexity index is 592. The Hall–Kier alpha value is -1.85. The fourth-order valence-electron chi connectivity index (χ4n) is 3.32. The maximum absolute atomic E-state index is 12.4. The number of amides is 1. The summed E-state index contributed by atoms with van der Waals surface area (Å²) in [5.41, 5.74) is 3.19. The third-order valence-electron chi connectivity index (χ3n) is 4.52. The van der Waals surface area contributed by atoms with E-state index in [1.165, 1.54) is 4.90 Å². The Kier molecular flexibility index (Phi) is 5.44. The van der Waals surface area contributed by atoms with Crippen molar-refractivity contribution in [2.45, 2.75) is 66.0 Å². The van der Waals surface area contributed by atoms with E-state index in [0.717, 1.165) is 29.9 Å². The summed E-state index contributed by atoms with van der Waals surface area (Å²) in [5, 5.41) is 13.8. The standard InChI is InChI=1S/C17H27N3O3/c1-11(2)10-20-13(4)14(12(3)18-20)7-8-16(21)19-9-5-6-15(19)17(22)23/h11,15H,5-10H2,1-4H3,(H,22,23)/t15-/m1/s1. The minimum Gasteiger partial charge on any atom is -0.480 e. The van der Waals surface area contributed by atoms with E-state index in [-0.39, 0.29) is 5.91 Å². The van der Waals surface area contributed by atoms with Crippen LogP contribution in [0.5, 0.6) is 0 Å². The molecule has 6 nitrogen and oxygen atoms in total. The highest BCUT2D eigenvalue weighted by Gasteiger charge is 2.33. The van der Waals surface area contributed by atoms with Crippen LogP contribution in [0.3, 0.4) is 0 Å². The summed E-state index contributed by atoms with van der Waals surface area (Å²) in [7, 11) is 0. The normalized spacial score (nSPS) is 18.0. The number of carbonyl (C=O) groups excluding carboxylic acids is 1. The van der Waals surface area contributed by atoms with E-state index in [0.29, 0.717) is 31.7 Å². The molecule has 0 spiro atoms. The van der Waals surface area contributed by atoms with Crippen LogP contribution in [0.4, 0.5) is 0 Å². The number of hydrogen-bond donors (Lipinski definition) is 1. The van der Waals surface area contributed by atoms with Gasteiger partial charge in [-0.3, -0.25) is 9.48 Å². The molecule has 23 heavy (non-hydrogen) atoms. The molecule has 0 bridgehead atoms. The van der Waals surface area contributed by atoms with Crippen molar-refractivity contribution in [3.05, 3.63) is 17.0 Å². The SMILES string of the molecule is Cc1nn(CC(C)C)c(C)c1CCC(=O)N1CCC[C@@H]1C(=O)O. The van der Waals surface area contributed by atoms with Crippen molar-refractivity contribution in [3.63, 3.8) is 0 Å². The smallest absolute Gasteiger partial charge is 0.326 e. The molecule has 0 unspecified atom stereocenters. The Morgan fingerprint density at radius 2 is 2.04 bits per heavy atom. The quantitative estimate of drug-likeness (QED) is 0.871. The first-order chi connectivity index (χ1) is 10.8. The highest BCUT2D eigenvalue weighted by molar-refractivity contribution is 5.84. The number of aromatic nitrogens is 2. The lowest BCUT2D eigenvalue weighted by Gasteiger charge is -2.21. The van der Waals surface area contributed by atoms with Gasteiger partial charge in [-0.1, -0.05) is 13.8 Å². The fourth-order valence-corrected chi connectivity index (χ4v) is 3.32. The lowest BCUT2D eigenvalue weighted by molar-refractivity contribution is -0.148. The van der Waals surface area contributed by atoms with Gasteiger partial charge in [-0.15, -0.1) is 0 Å². The molecule has 1 aromatic rings. The van der Waals surface area contributed by atoms with Gasteiger partial charge >= 0.3 is 5.97 Å². The minimum atomic E-state index is -0.895. The van der Waals surface area contributed by atoms with Gasteiger partial charge < -0.3 is 10.0 Å². The van der Waals surface area contributed by atoms with Crippen molar-refractivity contribution < 1.29 is 14.7 Å². The molecular weight excluding hydrogens is 294 g/mol. The maximum Gasteiger partial charge on any atom is 0.326 e. The summed E-state index contributed by atoms with van der Waals surface area (Å²) in [6, 6.07) is -0.645. The van der Waals surface area contributed by atoms with Crippen LogP contribution in [-0.2, 0) is 22.6 Å². The van der Waals surface area contributed by atoms with Gasteiger partial charge in [0.2, 0.25) is 5.91 Å². The third-order valence-corrected chi connectivity index (χ3v) is 4.52. The third kappa shape index (κ3) is 3.92. The molecule has 1 aromatic heterocycles. The van der Waals surface area contributed by atoms with Gasteiger partial charge in [0.1, 0.15) is 6.04 Å². The minimum absolute atomic E-state index is 0.0645. The predicted octanol–water partition coefficient (Wildman–Crippen LogP) is 2.16. The summed E-state index contributed by atoms with van der Waals surface area (Å²) in [6.45, 7) is 9.74. The number of carboxylic acids is 1. The lowest BCUT2D eigenvalue weighted by Crippen LogP contribution is -2.40. The number of rotatable bonds is 6. The molecule has 1 fully saturated rings. The van der Waals surface area contributed by atoms with Crippen LogP contribution < -0.4 is 0 Å². The predicted molar refractivity (Wildman–Crippen MR) is 87.2 cm³/mol. The van der Waals surface area contributed by atoms with Crippen LogP contribution in [0.25, 0.3) is 0 Å². The molecule has 1 saturated heterocycles. The van der Waals surface area contributed by atoms with E-state index in [1.807, 2.05) is 18.5 Å². The van der Waals surface area contributed by atoms with Gasteiger partial charge in [0.15, 0.2) is 0 Å². The first-order valence-electron chi connectivity index (χ1n) is 8.36. The molecule has 6 heteroatoms. The molecule has 1 amide bonds. The summed E-state index contributed by atoms with van der Waals surface area (Å²) in [6.07, 6.45) is 2.30. The molecule has 0 saturated carbocycles. The molecule has 1 atom stereocenters. The zero-order chi connectivity index (χ0) is 17.1. The molecular formula is C17H27N3O3. The molecule has 0 radical (unpaired) electrons. The molecule has 0 aliphatic carbocycles. The number of nitrogens with zero attached hydrogens (tertiary/aromatic N) is 3. The molecule has 2 heterocycles. The van der Waals surface area contributed by atoms with E-state index in [9.17, 15) is 14.7 Å². The zero-order valence-electron chi connectivity index (χ0n) is 14.5. The van der Waals surface area contributed by atoms with Crippen LogP contribution in [-0.4, -0.2) is 44.3 Å². The van der Waals surface area contributed by atoms with Crippen molar-refractivity contribution >= 4 is 11.9 Å². The second kappa shape index (κ2) is 7.15. The van der Waals surface area contributed by atoms with Crippen molar-refractivity contribution in [1.29, 1.82) is 0 Å². The second-order valence-corrected chi connectivity index (χ2v) is 6.81. The Balaban J connectivity index is 2.02. The first kappa shape index (κ1) is 17.5. The Morgan fingerprint density at radius 1 is 1.35 bits per heavy atom. The van der Waals surface area contributed by atoms with Crippen molar-refractivity contribution in [3.8, 4) is 0 Å². The highest BCUT2D eigenvalue weighted by Crippen LogP contribution is 2.21. The number of carboxylic acid groups (broad SMARTS) is 1. The zero-order valence-corrected chi connectivity index (χ0v) is 14.5. The summed E-state index contributed by atoms with van der Waals surface area (Å²) in [5.74, 6) is -0.443. The maximum atomic E-state index is 12.4. The van der Waals surface area contributed by atoms with Gasteiger partial charge in [-0.25, -0.2) is 4.79 Å². The van der Waals surface area contributed by atoms with E-state index < -0.39 is 12.0 Å². The molecule has 1 aliphatic rings. The summed E-state index contributed by atoms with van der Waals surface area (Å²) >= 11 is 0. The van der Waals surface area contributed by atoms with Gasteiger partial charge in [0.25, 0.3) is 0 Å². The number of carbonyl (C=O) groups is 2. The van der Waals surface area contributed by atoms with Crippen molar-refractivity contribution in [1.82, 2.24) is 14.7 Å². The average molecular weight is 321 g/mol. The van der Waals surface area contributed by atoms with Crippen LogP contribution in [0, 0.1) is 19.8 Å². The topological polar surface area (TPSA) is 75.4 Å². The molecule has 1 N–H and O–H groups in total. The van der Waals surface area contributed by atoms with Crippen molar-refractivity contribution in [2.75, 3.05) is 6.54 Å². The highest BCUT2D eigenvalue weighted by atomic mass is 16.4. The van der Waals surface area contributed by atoms with Gasteiger partial charge in [-0.2, -0.15) is 5.10 Å². The van der Waals surface area contributed by atoms with Crippen LogP contribution in [0.2, 0.25) is 0 Å². The van der Waals surface area contributed by atoms with E-state index in [1.54, 1.807) is 0 Å². The van der Waals surface area contributed by atoms with Crippen LogP contribution >= 0.6 is 0 Å². The van der Waals surface area contributed by atoms with Gasteiger partial charge in [0.05, 0.1) is 5.69 Å². The van der Waals surface area contributed by atoms with Crippen molar-refractivity contribution in [2.24, 2.45) is 5.92 Å². The number of aliphatic carboxylic acids is 1. The lowest BCUT2D eigenvalue weighted by atomic mass is 10.1. The summed E-state index contributed by atoms with van der Waals surface area (Å²) in [4.78, 5) is 25.1. The summed E-state index contributed by atoms with van der Waals surface area (Å²) < 4.78 is 2.01. The Labute approximate surface area is 137 Å². The average Bonchev–Trinajstić information content (AvgIpc) is 3.03. The number of hydrogen-bond acceptors (Lipinski definition) is 3. The van der Waals surface area contributed by atoms with Crippen LogP contribution in [0.1, 0.15) is 50.1 Å². The monoisotopic (exact) mass is 321 g/mol. The van der Waals surface area contributed by atoms with Crippen LogP contribution in [0.15, 0.2) is 0 Å². The molecule has 2 rings (SSSR count). The second-order valence-electron chi connectivity index (χ2n) is 6.81. The number of aryl methyl sites for hydroxylation is 1.